The molecule has 0 bridgehead atoms. The molecule has 1 heterocycles. The van der Waals surface area contributed by atoms with Gasteiger partial charge in [-0.3, -0.25) is 4.79 Å². The second kappa shape index (κ2) is 5.65. The van der Waals surface area contributed by atoms with Crippen LogP contribution in [0.3, 0.4) is 0 Å². The summed E-state index contributed by atoms with van der Waals surface area (Å²) in [4.78, 5) is 15.4. The topological polar surface area (TPSA) is 72.9 Å². The summed E-state index contributed by atoms with van der Waals surface area (Å²) in [5, 5.41) is 3.16. The molecule has 0 fully saturated rings. The van der Waals surface area contributed by atoms with Crippen molar-refractivity contribution >= 4 is 5.91 Å². The van der Waals surface area contributed by atoms with Gasteiger partial charge in [0.15, 0.2) is 0 Å². The van der Waals surface area contributed by atoms with Gasteiger partial charge in [-0.2, -0.15) is 0 Å². The van der Waals surface area contributed by atoms with Crippen molar-refractivity contribution in [1.29, 1.82) is 0 Å². The van der Waals surface area contributed by atoms with Crippen molar-refractivity contribution < 1.29 is 4.79 Å². The summed E-state index contributed by atoms with van der Waals surface area (Å²) >= 11 is 0. The summed E-state index contributed by atoms with van der Waals surface area (Å²) in [6, 6.07) is -0.454. The number of rotatable bonds is 6. The molecule has 0 saturated carbocycles. The number of nitrogens with zero attached hydrogens (tertiary/aromatic N) is 2. The van der Waals surface area contributed by atoms with Gasteiger partial charge in [-0.25, -0.2) is 4.98 Å². The Balaban J connectivity index is 2.81. The molecular formula is C11H20N4O. The lowest BCUT2D eigenvalue weighted by Crippen LogP contribution is -2.36. The number of carbonyl (C=O) groups is 1. The molecule has 5 nitrogen and oxygen atoms in total. The minimum absolute atomic E-state index is 0.365. The number of aromatic nitrogens is 2. The SMILES string of the molecule is CCn1cncc1C(NCC(C)C)C(N)=O. The van der Waals surface area contributed by atoms with E-state index in [9.17, 15) is 4.79 Å². The van der Waals surface area contributed by atoms with Gasteiger partial charge in [0, 0.05) is 6.54 Å². The summed E-state index contributed by atoms with van der Waals surface area (Å²) in [7, 11) is 0. The fraction of sp³-hybridized carbons (Fsp3) is 0.636. The maximum atomic E-state index is 11.4. The van der Waals surface area contributed by atoms with E-state index in [-0.39, 0.29) is 5.91 Å². The minimum atomic E-state index is -0.454. The van der Waals surface area contributed by atoms with Crippen LogP contribution in [0.25, 0.3) is 0 Å². The van der Waals surface area contributed by atoms with Crippen molar-refractivity contribution in [2.45, 2.75) is 33.4 Å². The highest BCUT2D eigenvalue weighted by molar-refractivity contribution is 5.80. The van der Waals surface area contributed by atoms with Gasteiger partial charge in [0.2, 0.25) is 5.91 Å². The number of nitrogens with two attached hydrogens (primary N) is 1. The van der Waals surface area contributed by atoms with E-state index in [0.717, 1.165) is 18.8 Å². The number of amides is 1. The predicted octanol–water partition coefficient (Wildman–Crippen LogP) is 0.675. The fourth-order valence-electron chi connectivity index (χ4n) is 1.54. The van der Waals surface area contributed by atoms with E-state index >= 15 is 0 Å². The summed E-state index contributed by atoms with van der Waals surface area (Å²) in [5.74, 6) is 0.107. The number of hydrogen-bond donors (Lipinski definition) is 2. The first-order valence-electron chi connectivity index (χ1n) is 5.59. The lowest BCUT2D eigenvalue weighted by Gasteiger charge is -2.18. The molecule has 3 N–H and O–H groups in total. The lowest BCUT2D eigenvalue weighted by molar-refractivity contribution is -0.120. The zero-order chi connectivity index (χ0) is 12.1. The van der Waals surface area contributed by atoms with Gasteiger partial charge in [0.1, 0.15) is 6.04 Å². The molecule has 1 rings (SSSR count). The second-order valence-electron chi connectivity index (χ2n) is 4.24. The maximum absolute atomic E-state index is 11.4. The van der Waals surface area contributed by atoms with Crippen LogP contribution in [0, 0.1) is 5.92 Å². The van der Waals surface area contributed by atoms with Gasteiger partial charge in [0.05, 0.1) is 18.2 Å². The number of primary amides is 1. The first-order valence-corrected chi connectivity index (χ1v) is 5.59. The Labute approximate surface area is 96.0 Å². The third-order valence-corrected chi connectivity index (χ3v) is 2.40. The van der Waals surface area contributed by atoms with Crippen molar-refractivity contribution in [3.8, 4) is 0 Å². The highest BCUT2D eigenvalue weighted by Gasteiger charge is 2.20. The second-order valence-corrected chi connectivity index (χ2v) is 4.24. The minimum Gasteiger partial charge on any atom is -0.368 e. The predicted molar refractivity (Wildman–Crippen MR) is 62.7 cm³/mol. The molecule has 0 saturated heterocycles. The standard InChI is InChI=1S/C11H20N4O/c1-4-15-7-13-6-9(15)10(11(12)16)14-5-8(2)3/h6-8,10,14H,4-5H2,1-3H3,(H2,12,16). The van der Waals surface area contributed by atoms with Crippen molar-refractivity contribution in [1.82, 2.24) is 14.9 Å². The van der Waals surface area contributed by atoms with E-state index in [1.54, 1.807) is 12.5 Å². The van der Waals surface area contributed by atoms with Crippen LogP contribution in [0.2, 0.25) is 0 Å². The van der Waals surface area contributed by atoms with Crippen LogP contribution >= 0.6 is 0 Å². The number of imidazole rings is 1. The van der Waals surface area contributed by atoms with Crippen LogP contribution < -0.4 is 11.1 Å². The average Bonchev–Trinajstić information content (AvgIpc) is 2.65. The highest BCUT2D eigenvalue weighted by Crippen LogP contribution is 2.12. The van der Waals surface area contributed by atoms with Crippen molar-refractivity contribution in [2.75, 3.05) is 6.54 Å². The Morgan fingerprint density at radius 3 is 2.81 bits per heavy atom. The molecule has 1 aromatic heterocycles. The van der Waals surface area contributed by atoms with Crippen LogP contribution in [0.15, 0.2) is 12.5 Å². The molecule has 0 aromatic carbocycles. The molecule has 16 heavy (non-hydrogen) atoms. The molecule has 0 radical (unpaired) electrons. The largest absolute Gasteiger partial charge is 0.368 e. The van der Waals surface area contributed by atoms with Gasteiger partial charge >= 0.3 is 0 Å². The van der Waals surface area contributed by atoms with E-state index in [2.05, 4.69) is 24.1 Å². The van der Waals surface area contributed by atoms with Gasteiger partial charge in [-0.05, 0) is 19.4 Å². The third kappa shape index (κ3) is 3.06. The van der Waals surface area contributed by atoms with Crippen molar-refractivity contribution in [2.24, 2.45) is 11.7 Å². The van der Waals surface area contributed by atoms with Gasteiger partial charge in [-0.15, -0.1) is 0 Å². The average molecular weight is 224 g/mol. The first-order chi connectivity index (χ1) is 7.56. The molecule has 0 aliphatic rings. The smallest absolute Gasteiger partial charge is 0.240 e. The quantitative estimate of drug-likeness (QED) is 0.746. The van der Waals surface area contributed by atoms with E-state index in [0.29, 0.717) is 5.92 Å². The van der Waals surface area contributed by atoms with Crippen LogP contribution in [-0.2, 0) is 11.3 Å². The Morgan fingerprint density at radius 2 is 2.31 bits per heavy atom. The molecule has 1 aromatic rings. The van der Waals surface area contributed by atoms with E-state index < -0.39 is 6.04 Å². The summed E-state index contributed by atoms with van der Waals surface area (Å²) in [6.07, 6.45) is 3.40. The number of nitrogens with one attached hydrogen (secondary N) is 1. The van der Waals surface area contributed by atoms with Crippen LogP contribution in [0.1, 0.15) is 32.5 Å². The Kier molecular flexibility index (Phi) is 4.49. The molecule has 1 amide bonds. The first kappa shape index (κ1) is 12.7. The third-order valence-electron chi connectivity index (χ3n) is 2.40. The van der Waals surface area contributed by atoms with Crippen LogP contribution in [0.5, 0.6) is 0 Å². The lowest BCUT2D eigenvalue weighted by atomic mass is 10.1. The van der Waals surface area contributed by atoms with Gasteiger partial charge < -0.3 is 15.6 Å². The summed E-state index contributed by atoms with van der Waals surface area (Å²) < 4.78 is 1.92. The normalized spacial score (nSPS) is 13.0. The number of aryl methyl sites for hydroxylation is 1. The van der Waals surface area contributed by atoms with Crippen LogP contribution in [-0.4, -0.2) is 22.0 Å². The monoisotopic (exact) mass is 224 g/mol. The van der Waals surface area contributed by atoms with Crippen molar-refractivity contribution in [3.63, 3.8) is 0 Å². The molecular weight excluding hydrogens is 204 g/mol. The molecule has 0 aliphatic heterocycles. The molecule has 1 atom stereocenters. The molecule has 90 valence electrons. The number of hydrogen-bond acceptors (Lipinski definition) is 3. The Morgan fingerprint density at radius 1 is 1.62 bits per heavy atom. The van der Waals surface area contributed by atoms with Gasteiger partial charge in [0.25, 0.3) is 0 Å². The van der Waals surface area contributed by atoms with E-state index in [1.807, 2.05) is 11.5 Å². The summed E-state index contributed by atoms with van der Waals surface area (Å²) in [6.45, 7) is 7.71. The van der Waals surface area contributed by atoms with Crippen LogP contribution in [0.4, 0.5) is 0 Å². The summed E-state index contributed by atoms with van der Waals surface area (Å²) in [5.41, 5.74) is 6.22. The zero-order valence-electron chi connectivity index (χ0n) is 10.1. The van der Waals surface area contributed by atoms with Crippen molar-refractivity contribution in [3.05, 3.63) is 18.2 Å². The highest BCUT2D eigenvalue weighted by atomic mass is 16.1. The number of carbonyl (C=O) groups excluding carboxylic acids is 1. The molecule has 5 heteroatoms. The molecule has 0 spiro atoms. The fourth-order valence-corrected chi connectivity index (χ4v) is 1.54. The molecule has 1 unspecified atom stereocenters. The van der Waals surface area contributed by atoms with E-state index in [4.69, 9.17) is 5.73 Å². The zero-order valence-corrected chi connectivity index (χ0v) is 10.1. The Hall–Kier alpha value is -1.36. The Bertz CT molecular complexity index is 346. The van der Waals surface area contributed by atoms with E-state index in [1.165, 1.54) is 0 Å². The maximum Gasteiger partial charge on any atom is 0.240 e. The molecule has 0 aliphatic carbocycles. The van der Waals surface area contributed by atoms with Gasteiger partial charge in [-0.1, -0.05) is 13.8 Å².